The minimum atomic E-state index is -5.02. The van der Waals surface area contributed by atoms with Gasteiger partial charge in [0.15, 0.2) is 5.75 Å². The first-order chi connectivity index (χ1) is 9.73. The van der Waals surface area contributed by atoms with E-state index in [0.29, 0.717) is 17.7 Å². The smallest absolute Gasteiger partial charge is 0.471 e. The Labute approximate surface area is 116 Å². The fraction of sp³-hybridized carbons (Fsp3) is 0.385. The van der Waals surface area contributed by atoms with Gasteiger partial charge in [-0.2, -0.15) is 13.2 Å². The summed E-state index contributed by atoms with van der Waals surface area (Å²) in [4.78, 5) is 23.3. The van der Waals surface area contributed by atoms with Gasteiger partial charge in [0.05, 0.1) is 12.2 Å². The minimum absolute atomic E-state index is 0.158. The van der Waals surface area contributed by atoms with Gasteiger partial charge in [0.25, 0.3) is 0 Å². The van der Waals surface area contributed by atoms with Gasteiger partial charge >= 0.3 is 18.1 Å². The van der Waals surface area contributed by atoms with E-state index in [2.05, 4.69) is 0 Å². The number of carbonyl (C=O) groups excluding carboxylic acids is 1. The average molecular weight is 301 g/mol. The summed E-state index contributed by atoms with van der Waals surface area (Å²) in [7, 11) is 0. The molecule has 1 heterocycles. The number of amides is 1. The number of nitrogens with zero attached hydrogens (tertiary/aromatic N) is 1. The lowest BCUT2D eigenvalue weighted by Crippen LogP contribution is -2.50. The molecule has 1 fully saturated rings. The van der Waals surface area contributed by atoms with Crippen molar-refractivity contribution in [2.24, 2.45) is 0 Å². The molecule has 1 spiro atoms. The van der Waals surface area contributed by atoms with Crippen LogP contribution in [0.3, 0.4) is 0 Å². The summed E-state index contributed by atoms with van der Waals surface area (Å²) >= 11 is 0. The van der Waals surface area contributed by atoms with Gasteiger partial charge in [-0.05, 0) is 25.0 Å². The van der Waals surface area contributed by atoms with Crippen LogP contribution in [0.4, 0.5) is 18.9 Å². The topological polar surface area (TPSA) is 66.8 Å². The number of para-hydroxylation sites is 1. The van der Waals surface area contributed by atoms with Crippen LogP contribution in [0.1, 0.15) is 23.2 Å². The first-order valence-corrected chi connectivity index (χ1v) is 6.18. The van der Waals surface area contributed by atoms with E-state index >= 15 is 0 Å². The molecule has 0 atom stereocenters. The number of carboxylic acids is 1. The first-order valence-electron chi connectivity index (χ1n) is 6.18. The van der Waals surface area contributed by atoms with E-state index in [1.165, 1.54) is 18.2 Å². The highest BCUT2D eigenvalue weighted by molar-refractivity contribution is 6.02. The van der Waals surface area contributed by atoms with Crippen molar-refractivity contribution in [3.63, 3.8) is 0 Å². The van der Waals surface area contributed by atoms with Crippen LogP contribution in [-0.4, -0.2) is 35.3 Å². The zero-order chi connectivity index (χ0) is 15.4. The molecule has 0 aromatic heterocycles. The molecule has 0 saturated heterocycles. The molecule has 1 aromatic rings. The van der Waals surface area contributed by atoms with Crippen LogP contribution < -0.4 is 9.64 Å². The summed E-state index contributed by atoms with van der Waals surface area (Å²) in [6.45, 7) is -0.221. The number of fused-ring (bicyclic) bond motifs is 1. The van der Waals surface area contributed by atoms with Crippen molar-refractivity contribution in [3.8, 4) is 5.75 Å². The highest BCUT2D eigenvalue weighted by Crippen LogP contribution is 2.50. The lowest BCUT2D eigenvalue weighted by atomic mass is 10.1. The van der Waals surface area contributed by atoms with Crippen molar-refractivity contribution < 1.29 is 32.6 Å². The lowest BCUT2D eigenvalue weighted by Gasteiger charge is -2.36. The van der Waals surface area contributed by atoms with E-state index in [9.17, 15) is 22.8 Å². The number of anilines is 1. The van der Waals surface area contributed by atoms with Crippen molar-refractivity contribution in [1.82, 2.24) is 0 Å². The molecule has 0 bridgehead atoms. The first kappa shape index (κ1) is 13.7. The van der Waals surface area contributed by atoms with Crippen LogP contribution in [0.2, 0.25) is 0 Å². The van der Waals surface area contributed by atoms with Crippen LogP contribution in [0.15, 0.2) is 18.2 Å². The maximum absolute atomic E-state index is 12.7. The Morgan fingerprint density at radius 3 is 2.48 bits per heavy atom. The van der Waals surface area contributed by atoms with Crippen LogP contribution in [0, 0.1) is 0 Å². The molecule has 8 heteroatoms. The van der Waals surface area contributed by atoms with Crippen molar-refractivity contribution >= 4 is 17.6 Å². The molecule has 1 aliphatic heterocycles. The van der Waals surface area contributed by atoms with Gasteiger partial charge in [-0.3, -0.25) is 9.69 Å². The molecular formula is C13H10F3NO4. The summed E-state index contributed by atoms with van der Waals surface area (Å²) in [5.74, 6) is -3.50. The number of alkyl halides is 3. The van der Waals surface area contributed by atoms with Crippen LogP contribution in [0.25, 0.3) is 0 Å². The van der Waals surface area contributed by atoms with Crippen LogP contribution in [-0.2, 0) is 4.79 Å². The molecule has 5 nitrogen and oxygen atoms in total. The molecule has 3 rings (SSSR count). The van der Waals surface area contributed by atoms with Crippen molar-refractivity contribution in [2.45, 2.75) is 24.6 Å². The van der Waals surface area contributed by atoms with Crippen LogP contribution >= 0.6 is 0 Å². The van der Waals surface area contributed by atoms with Gasteiger partial charge in [-0.15, -0.1) is 0 Å². The average Bonchev–Trinajstić information content (AvgIpc) is 3.14. The Bertz CT molecular complexity index is 637. The number of rotatable bonds is 1. The van der Waals surface area contributed by atoms with E-state index in [1.807, 2.05) is 0 Å². The third-order valence-corrected chi connectivity index (χ3v) is 3.58. The van der Waals surface area contributed by atoms with E-state index < -0.39 is 23.7 Å². The van der Waals surface area contributed by atoms with E-state index in [1.54, 1.807) is 0 Å². The quantitative estimate of drug-likeness (QED) is 0.863. The fourth-order valence-corrected chi connectivity index (χ4v) is 2.37. The monoisotopic (exact) mass is 301 g/mol. The zero-order valence-electron chi connectivity index (χ0n) is 10.6. The standard InChI is InChI=1S/C13H10F3NO4/c14-13(15,16)11(20)17-6-12(4-5-12)21-9-7(10(18)19)2-1-3-8(9)17/h1-3H,4-6H2,(H,18,19). The molecule has 1 N–H and O–H groups in total. The number of hydrogen-bond acceptors (Lipinski definition) is 3. The van der Waals surface area contributed by atoms with Gasteiger partial charge in [-0.1, -0.05) is 6.07 Å². The fourth-order valence-electron chi connectivity index (χ4n) is 2.37. The van der Waals surface area contributed by atoms with E-state index in [0.717, 1.165) is 0 Å². The van der Waals surface area contributed by atoms with Crippen molar-refractivity contribution in [1.29, 1.82) is 0 Å². The van der Waals surface area contributed by atoms with Gasteiger partial charge in [0, 0.05) is 0 Å². The highest BCUT2D eigenvalue weighted by atomic mass is 19.4. The predicted molar refractivity (Wildman–Crippen MR) is 64.4 cm³/mol. The molecule has 0 unspecified atom stereocenters. The Balaban J connectivity index is 2.11. The Morgan fingerprint density at radius 1 is 1.29 bits per heavy atom. The summed E-state index contributed by atoms with van der Waals surface area (Å²) in [6.07, 6.45) is -4.05. The number of aromatic carboxylic acids is 1. The van der Waals surface area contributed by atoms with Gasteiger partial charge in [-0.25, -0.2) is 4.79 Å². The lowest BCUT2D eigenvalue weighted by molar-refractivity contribution is -0.171. The molecule has 0 radical (unpaired) electrons. The molecule has 21 heavy (non-hydrogen) atoms. The number of carbonyl (C=O) groups is 2. The summed E-state index contributed by atoms with van der Waals surface area (Å²) in [6, 6.07) is 3.77. The molecule has 1 saturated carbocycles. The third kappa shape index (κ3) is 2.20. The Hall–Kier alpha value is -2.25. The zero-order valence-corrected chi connectivity index (χ0v) is 10.6. The van der Waals surface area contributed by atoms with Gasteiger partial charge < -0.3 is 9.84 Å². The second-order valence-corrected chi connectivity index (χ2v) is 5.13. The second kappa shape index (κ2) is 4.12. The summed E-state index contributed by atoms with van der Waals surface area (Å²) in [5, 5.41) is 9.11. The summed E-state index contributed by atoms with van der Waals surface area (Å²) < 4.78 is 43.7. The van der Waals surface area contributed by atoms with Crippen molar-refractivity contribution in [3.05, 3.63) is 23.8 Å². The number of ether oxygens (including phenoxy) is 1. The largest absolute Gasteiger partial charge is 0.482 e. The number of hydrogen-bond donors (Lipinski definition) is 1. The van der Waals surface area contributed by atoms with Gasteiger partial charge in [0.1, 0.15) is 11.2 Å². The molecule has 1 aromatic carbocycles. The highest BCUT2D eigenvalue weighted by Gasteiger charge is 2.55. The molecule has 1 amide bonds. The minimum Gasteiger partial charge on any atom is -0.482 e. The molecule has 112 valence electrons. The summed E-state index contributed by atoms with van der Waals surface area (Å²) in [5.41, 5.74) is -1.30. The number of benzene rings is 1. The second-order valence-electron chi connectivity index (χ2n) is 5.13. The molecule has 1 aliphatic carbocycles. The number of carboxylic acid groups (broad SMARTS) is 1. The SMILES string of the molecule is O=C(O)c1cccc2c1OC1(CC1)CN2C(=O)C(F)(F)F. The molecular weight excluding hydrogens is 291 g/mol. The Morgan fingerprint density at radius 2 is 1.95 bits per heavy atom. The maximum Gasteiger partial charge on any atom is 0.471 e. The van der Waals surface area contributed by atoms with E-state index in [4.69, 9.17) is 9.84 Å². The third-order valence-electron chi connectivity index (χ3n) is 3.58. The maximum atomic E-state index is 12.7. The van der Waals surface area contributed by atoms with E-state index in [-0.39, 0.29) is 23.5 Å². The van der Waals surface area contributed by atoms with Crippen molar-refractivity contribution in [2.75, 3.05) is 11.4 Å². The predicted octanol–water partition coefficient (Wildman–Crippen LogP) is 2.21. The van der Waals surface area contributed by atoms with Gasteiger partial charge in [0.2, 0.25) is 0 Å². The Kier molecular flexibility index (Phi) is 2.69. The number of halogens is 3. The van der Waals surface area contributed by atoms with Crippen LogP contribution in [0.5, 0.6) is 5.75 Å². The normalized spacial score (nSPS) is 18.9. The molecule has 2 aliphatic rings.